The van der Waals surface area contributed by atoms with Gasteiger partial charge in [0.1, 0.15) is 6.04 Å². The van der Waals surface area contributed by atoms with Crippen molar-refractivity contribution in [2.45, 2.75) is 12.5 Å². The third-order valence-electron chi connectivity index (χ3n) is 2.04. The second-order valence-corrected chi connectivity index (χ2v) is 6.22. The number of carbonyl (C=O) groups excluding carboxylic acids is 1. The minimum Gasteiger partial charge on any atom is -0.354 e. The van der Waals surface area contributed by atoms with Crippen LogP contribution in [0.3, 0.4) is 0 Å². The first kappa shape index (κ1) is 14.1. The summed E-state index contributed by atoms with van der Waals surface area (Å²) in [6.45, 7) is 0.244. The molecule has 1 aromatic rings. The Kier molecular flexibility index (Phi) is 5.06. The lowest BCUT2D eigenvalue weighted by Crippen LogP contribution is -2.35. The topological polar surface area (TPSA) is 115 Å². The molecule has 96 valence electrons. The number of nitrogens with one attached hydrogen (secondary N) is 1. The van der Waals surface area contributed by atoms with Crippen LogP contribution in [0.2, 0.25) is 0 Å². The maximum absolute atomic E-state index is 11.6. The average molecular weight is 277 g/mol. The normalized spacial score (nSPS) is 13.3. The number of amides is 1. The summed E-state index contributed by atoms with van der Waals surface area (Å²) in [5.41, 5.74) is 5.71. The largest absolute Gasteiger partial charge is 0.354 e. The Hall–Kier alpha value is -0.960. The lowest BCUT2D eigenvalue weighted by molar-refractivity contribution is -0.122. The van der Waals surface area contributed by atoms with Gasteiger partial charge in [0.15, 0.2) is 0 Å². The number of sulfonamides is 1. The molecule has 0 aliphatic rings. The van der Waals surface area contributed by atoms with Gasteiger partial charge in [0.05, 0.1) is 5.75 Å². The summed E-state index contributed by atoms with van der Waals surface area (Å²) in [6, 6.07) is 2.89. The summed E-state index contributed by atoms with van der Waals surface area (Å²) in [7, 11) is -3.47. The highest BCUT2D eigenvalue weighted by molar-refractivity contribution is 7.89. The molecule has 0 aromatic carbocycles. The predicted molar refractivity (Wildman–Crippen MR) is 66.8 cm³/mol. The van der Waals surface area contributed by atoms with Gasteiger partial charge < -0.3 is 11.1 Å². The highest BCUT2D eigenvalue weighted by atomic mass is 32.2. The number of primary sulfonamides is 1. The molecule has 0 bridgehead atoms. The summed E-state index contributed by atoms with van der Waals surface area (Å²) < 4.78 is 21.3. The van der Waals surface area contributed by atoms with Crippen LogP contribution in [0.4, 0.5) is 0 Å². The minimum absolute atomic E-state index is 0.151. The number of thiophene rings is 1. The zero-order valence-corrected chi connectivity index (χ0v) is 10.8. The fourth-order valence-corrected chi connectivity index (χ4v) is 2.46. The van der Waals surface area contributed by atoms with E-state index in [-0.39, 0.29) is 24.6 Å². The second-order valence-electron chi connectivity index (χ2n) is 3.50. The molecule has 0 spiro atoms. The monoisotopic (exact) mass is 277 g/mol. The molecule has 1 amide bonds. The SMILES string of the molecule is NC(C(=O)NCCCS(N)(=O)=O)c1cccs1. The molecule has 0 saturated carbocycles. The van der Waals surface area contributed by atoms with Crippen LogP contribution in [0, 0.1) is 0 Å². The van der Waals surface area contributed by atoms with Gasteiger partial charge in [-0.1, -0.05) is 6.07 Å². The van der Waals surface area contributed by atoms with Crippen LogP contribution >= 0.6 is 11.3 Å². The van der Waals surface area contributed by atoms with E-state index in [9.17, 15) is 13.2 Å². The summed E-state index contributed by atoms with van der Waals surface area (Å²) in [4.78, 5) is 12.3. The third kappa shape index (κ3) is 5.26. The zero-order valence-electron chi connectivity index (χ0n) is 9.13. The highest BCUT2D eigenvalue weighted by Gasteiger charge is 2.15. The highest BCUT2D eigenvalue weighted by Crippen LogP contribution is 2.16. The average Bonchev–Trinajstić information content (AvgIpc) is 2.74. The van der Waals surface area contributed by atoms with Gasteiger partial charge in [0.25, 0.3) is 0 Å². The van der Waals surface area contributed by atoms with Crippen molar-refractivity contribution in [3.63, 3.8) is 0 Å². The molecule has 17 heavy (non-hydrogen) atoms. The van der Waals surface area contributed by atoms with Crippen LogP contribution < -0.4 is 16.2 Å². The van der Waals surface area contributed by atoms with Crippen molar-refractivity contribution >= 4 is 27.3 Å². The van der Waals surface area contributed by atoms with Gasteiger partial charge in [-0.15, -0.1) is 11.3 Å². The summed E-state index contributed by atoms with van der Waals surface area (Å²) in [6.07, 6.45) is 0.279. The Morgan fingerprint density at radius 3 is 2.76 bits per heavy atom. The Bertz CT molecular complexity index is 456. The van der Waals surface area contributed by atoms with E-state index in [0.717, 1.165) is 4.88 Å². The number of carbonyl (C=O) groups is 1. The van der Waals surface area contributed by atoms with Gasteiger partial charge in [0.2, 0.25) is 15.9 Å². The van der Waals surface area contributed by atoms with Crippen LogP contribution in [0.1, 0.15) is 17.3 Å². The van der Waals surface area contributed by atoms with Crippen molar-refractivity contribution in [2.75, 3.05) is 12.3 Å². The van der Waals surface area contributed by atoms with E-state index in [0.29, 0.717) is 0 Å². The molecule has 1 unspecified atom stereocenters. The van der Waals surface area contributed by atoms with Gasteiger partial charge in [-0.25, -0.2) is 13.6 Å². The van der Waals surface area contributed by atoms with Crippen LogP contribution in [-0.2, 0) is 14.8 Å². The molecule has 0 radical (unpaired) electrons. The molecule has 0 fully saturated rings. The van der Waals surface area contributed by atoms with E-state index < -0.39 is 16.1 Å². The standard InChI is InChI=1S/C9H15N3O3S2/c10-8(7-3-1-5-16-7)9(13)12-4-2-6-17(11,14)15/h1,3,5,8H,2,4,6,10H2,(H,12,13)(H2,11,14,15). The maximum atomic E-state index is 11.6. The van der Waals surface area contributed by atoms with E-state index in [1.807, 2.05) is 11.4 Å². The molecule has 1 atom stereocenters. The Morgan fingerprint density at radius 1 is 1.53 bits per heavy atom. The Labute approximate surface area is 104 Å². The van der Waals surface area contributed by atoms with Gasteiger partial charge in [0, 0.05) is 11.4 Å². The van der Waals surface area contributed by atoms with E-state index in [1.54, 1.807) is 6.07 Å². The van der Waals surface area contributed by atoms with Crippen molar-refractivity contribution in [3.8, 4) is 0 Å². The van der Waals surface area contributed by atoms with Crippen molar-refractivity contribution in [1.82, 2.24) is 5.32 Å². The van der Waals surface area contributed by atoms with Crippen LogP contribution in [0.5, 0.6) is 0 Å². The smallest absolute Gasteiger partial charge is 0.242 e. The summed E-state index contributed by atoms with van der Waals surface area (Å²) in [5, 5.41) is 9.23. The van der Waals surface area contributed by atoms with Crippen molar-refractivity contribution < 1.29 is 13.2 Å². The van der Waals surface area contributed by atoms with Crippen molar-refractivity contribution in [2.24, 2.45) is 10.9 Å². The molecule has 1 aromatic heterocycles. The number of nitrogens with two attached hydrogens (primary N) is 2. The van der Waals surface area contributed by atoms with Crippen LogP contribution in [0.25, 0.3) is 0 Å². The number of hydrogen-bond acceptors (Lipinski definition) is 5. The fraction of sp³-hybridized carbons (Fsp3) is 0.444. The van der Waals surface area contributed by atoms with Gasteiger partial charge in [-0.05, 0) is 17.9 Å². The van der Waals surface area contributed by atoms with Crippen molar-refractivity contribution in [3.05, 3.63) is 22.4 Å². The van der Waals surface area contributed by atoms with E-state index in [1.165, 1.54) is 11.3 Å². The van der Waals surface area contributed by atoms with Crippen LogP contribution in [-0.4, -0.2) is 26.6 Å². The molecule has 1 heterocycles. The molecule has 1 rings (SSSR count). The lowest BCUT2D eigenvalue weighted by Gasteiger charge is -2.10. The zero-order chi connectivity index (χ0) is 12.9. The fourth-order valence-electron chi connectivity index (χ4n) is 1.19. The first-order valence-corrected chi connectivity index (χ1v) is 7.57. The molecule has 0 aliphatic carbocycles. The van der Waals surface area contributed by atoms with Crippen molar-refractivity contribution in [1.29, 1.82) is 0 Å². The van der Waals surface area contributed by atoms with E-state index in [4.69, 9.17) is 10.9 Å². The Morgan fingerprint density at radius 2 is 2.24 bits per heavy atom. The molecular formula is C9H15N3O3S2. The molecule has 0 saturated heterocycles. The van der Waals surface area contributed by atoms with E-state index in [2.05, 4.69) is 5.32 Å². The third-order valence-corrected chi connectivity index (χ3v) is 3.85. The molecule has 6 nitrogen and oxygen atoms in total. The van der Waals surface area contributed by atoms with Gasteiger partial charge >= 0.3 is 0 Å². The first-order chi connectivity index (χ1) is 7.90. The van der Waals surface area contributed by atoms with Gasteiger partial charge in [-0.3, -0.25) is 4.79 Å². The summed E-state index contributed by atoms with van der Waals surface area (Å²) >= 11 is 1.40. The Balaban J connectivity index is 2.31. The number of rotatable bonds is 6. The molecule has 8 heteroatoms. The molecule has 0 aliphatic heterocycles. The predicted octanol–water partition coefficient (Wildman–Crippen LogP) is -0.457. The lowest BCUT2D eigenvalue weighted by atomic mass is 10.2. The number of hydrogen-bond donors (Lipinski definition) is 3. The minimum atomic E-state index is -3.47. The van der Waals surface area contributed by atoms with Gasteiger partial charge in [-0.2, -0.15) is 0 Å². The molecule has 5 N–H and O–H groups in total. The summed E-state index contributed by atoms with van der Waals surface area (Å²) in [5.74, 6) is -0.469. The maximum Gasteiger partial charge on any atom is 0.242 e. The van der Waals surface area contributed by atoms with E-state index >= 15 is 0 Å². The van der Waals surface area contributed by atoms with Crippen LogP contribution in [0.15, 0.2) is 17.5 Å². The first-order valence-electron chi connectivity index (χ1n) is 4.97. The second kappa shape index (κ2) is 6.10. The quantitative estimate of drug-likeness (QED) is 0.610. The molecular weight excluding hydrogens is 262 g/mol.